The van der Waals surface area contributed by atoms with Crippen molar-refractivity contribution in [3.63, 3.8) is 0 Å². The lowest BCUT2D eigenvalue weighted by molar-refractivity contribution is -0.142. The van der Waals surface area contributed by atoms with E-state index in [4.69, 9.17) is 14.6 Å². The fraction of sp³-hybridized carbons (Fsp3) is 0.818. The summed E-state index contributed by atoms with van der Waals surface area (Å²) in [5, 5.41) is 11.4. The molecule has 0 bridgehead atoms. The van der Waals surface area contributed by atoms with E-state index in [9.17, 15) is 9.59 Å². The van der Waals surface area contributed by atoms with Gasteiger partial charge < -0.3 is 19.9 Å². The van der Waals surface area contributed by atoms with Gasteiger partial charge in [0.1, 0.15) is 12.1 Å². The van der Waals surface area contributed by atoms with Gasteiger partial charge in [0.25, 0.3) is 0 Å². The van der Waals surface area contributed by atoms with Crippen LogP contribution in [-0.4, -0.2) is 42.5 Å². The average molecular weight is 245 g/mol. The summed E-state index contributed by atoms with van der Waals surface area (Å²) in [5.41, 5.74) is -0.572. The lowest BCUT2D eigenvalue weighted by Crippen LogP contribution is -2.49. The fourth-order valence-corrected chi connectivity index (χ4v) is 1.56. The van der Waals surface area contributed by atoms with Crippen molar-refractivity contribution in [3.05, 3.63) is 0 Å². The second-order valence-corrected chi connectivity index (χ2v) is 5.17. The van der Waals surface area contributed by atoms with Crippen molar-refractivity contribution < 1.29 is 24.2 Å². The minimum absolute atomic E-state index is 0.274. The SMILES string of the molecule is CC(C)(C)[C@H](NC(=O)O[C@@H]1CCOC1)C(=O)O. The molecule has 1 heterocycles. The Balaban J connectivity index is 2.49. The Labute approximate surface area is 100 Å². The Bertz CT molecular complexity index is 291. The Morgan fingerprint density at radius 1 is 1.47 bits per heavy atom. The van der Waals surface area contributed by atoms with Crippen LogP contribution in [0.1, 0.15) is 27.2 Å². The van der Waals surface area contributed by atoms with Gasteiger partial charge in [-0.3, -0.25) is 0 Å². The Kier molecular flexibility index (Phi) is 4.34. The number of carboxylic acids is 1. The molecule has 1 rings (SSSR count). The van der Waals surface area contributed by atoms with Crippen LogP contribution in [-0.2, 0) is 14.3 Å². The molecule has 0 aromatic heterocycles. The normalized spacial score (nSPS) is 21.9. The number of carbonyl (C=O) groups is 2. The summed E-state index contributed by atoms with van der Waals surface area (Å²) >= 11 is 0. The number of alkyl carbamates (subject to hydrolysis) is 1. The number of hydrogen-bond donors (Lipinski definition) is 2. The molecule has 0 aromatic rings. The van der Waals surface area contributed by atoms with Crippen LogP contribution >= 0.6 is 0 Å². The lowest BCUT2D eigenvalue weighted by atomic mass is 9.87. The summed E-state index contributed by atoms with van der Waals surface area (Å²) in [6.07, 6.45) is -0.326. The first kappa shape index (κ1) is 13.8. The predicted octanol–water partition coefficient (Wildman–Crippen LogP) is 1.00. The third-order valence-corrected chi connectivity index (χ3v) is 2.54. The van der Waals surface area contributed by atoms with Gasteiger partial charge in [-0.1, -0.05) is 20.8 Å². The summed E-state index contributed by atoms with van der Waals surface area (Å²) in [6, 6.07) is -0.975. The van der Waals surface area contributed by atoms with Crippen LogP contribution in [0.5, 0.6) is 0 Å². The maximum atomic E-state index is 11.5. The molecule has 0 saturated carbocycles. The van der Waals surface area contributed by atoms with Gasteiger partial charge >= 0.3 is 12.1 Å². The van der Waals surface area contributed by atoms with Crippen LogP contribution < -0.4 is 5.32 Å². The van der Waals surface area contributed by atoms with Gasteiger partial charge in [-0.2, -0.15) is 0 Å². The highest BCUT2D eigenvalue weighted by atomic mass is 16.6. The Morgan fingerprint density at radius 2 is 2.12 bits per heavy atom. The molecule has 1 aliphatic rings. The Hall–Kier alpha value is -1.30. The molecule has 1 saturated heterocycles. The van der Waals surface area contributed by atoms with E-state index >= 15 is 0 Å². The van der Waals surface area contributed by atoms with Gasteiger partial charge in [0.05, 0.1) is 13.2 Å². The maximum Gasteiger partial charge on any atom is 0.408 e. The molecule has 98 valence electrons. The van der Waals surface area contributed by atoms with Crippen molar-refractivity contribution in [2.24, 2.45) is 5.41 Å². The van der Waals surface area contributed by atoms with Crippen molar-refractivity contribution in [2.45, 2.75) is 39.3 Å². The molecule has 6 heteroatoms. The number of rotatable bonds is 3. The van der Waals surface area contributed by atoms with Gasteiger partial charge in [0, 0.05) is 6.42 Å². The first-order valence-corrected chi connectivity index (χ1v) is 5.58. The van der Waals surface area contributed by atoms with Crippen LogP contribution in [0, 0.1) is 5.41 Å². The van der Waals surface area contributed by atoms with Crippen molar-refractivity contribution in [3.8, 4) is 0 Å². The number of nitrogens with one attached hydrogen (secondary N) is 1. The smallest absolute Gasteiger partial charge is 0.408 e. The lowest BCUT2D eigenvalue weighted by Gasteiger charge is -2.27. The number of carboxylic acid groups (broad SMARTS) is 1. The van der Waals surface area contributed by atoms with Gasteiger partial charge in [-0.05, 0) is 5.41 Å². The zero-order valence-corrected chi connectivity index (χ0v) is 10.4. The third kappa shape index (κ3) is 4.22. The monoisotopic (exact) mass is 245 g/mol. The quantitative estimate of drug-likeness (QED) is 0.774. The van der Waals surface area contributed by atoms with Gasteiger partial charge in [-0.15, -0.1) is 0 Å². The second kappa shape index (κ2) is 5.35. The molecule has 6 nitrogen and oxygen atoms in total. The molecule has 1 fully saturated rings. The highest BCUT2D eigenvalue weighted by molar-refractivity contribution is 5.80. The van der Waals surface area contributed by atoms with Crippen molar-refractivity contribution in [2.75, 3.05) is 13.2 Å². The van der Waals surface area contributed by atoms with Gasteiger partial charge in [0.15, 0.2) is 0 Å². The molecule has 1 amide bonds. The van der Waals surface area contributed by atoms with Gasteiger partial charge in [-0.25, -0.2) is 9.59 Å². The third-order valence-electron chi connectivity index (χ3n) is 2.54. The maximum absolute atomic E-state index is 11.5. The molecule has 0 aromatic carbocycles. The standard InChI is InChI=1S/C11H19NO5/c1-11(2,3)8(9(13)14)12-10(15)17-7-4-5-16-6-7/h7-8H,4-6H2,1-3H3,(H,12,15)(H,13,14)/t7-,8-/m1/s1. The minimum Gasteiger partial charge on any atom is -0.480 e. The van der Waals surface area contributed by atoms with E-state index in [2.05, 4.69) is 5.32 Å². The molecule has 0 spiro atoms. The predicted molar refractivity (Wildman–Crippen MR) is 59.7 cm³/mol. The summed E-state index contributed by atoms with van der Waals surface area (Å²) in [6.45, 7) is 6.17. The first-order chi connectivity index (χ1) is 7.80. The minimum atomic E-state index is -1.07. The summed E-state index contributed by atoms with van der Waals surface area (Å²) in [4.78, 5) is 22.5. The molecule has 2 atom stereocenters. The Morgan fingerprint density at radius 3 is 2.53 bits per heavy atom. The number of aliphatic carboxylic acids is 1. The highest BCUT2D eigenvalue weighted by Crippen LogP contribution is 2.19. The molecule has 2 N–H and O–H groups in total. The summed E-state index contributed by atoms with van der Waals surface area (Å²) < 4.78 is 10.1. The largest absolute Gasteiger partial charge is 0.480 e. The number of hydrogen-bond acceptors (Lipinski definition) is 4. The van der Waals surface area contributed by atoms with Crippen LogP contribution in [0.2, 0.25) is 0 Å². The zero-order valence-electron chi connectivity index (χ0n) is 10.4. The molecule has 0 radical (unpaired) electrons. The molecular formula is C11H19NO5. The van der Waals surface area contributed by atoms with Gasteiger partial charge in [0.2, 0.25) is 0 Å². The van der Waals surface area contributed by atoms with Crippen LogP contribution in [0.25, 0.3) is 0 Å². The number of ether oxygens (including phenoxy) is 2. The van der Waals surface area contributed by atoms with E-state index in [0.717, 1.165) is 0 Å². The van der Waals surface area contributed by atoms with E-state index in [1.807, 2.05) is 0 Å². The van der Waals surface area contributed by atoms with Crippen molar-refractivity contribution in [1.29, 1.82) is 0 Å². The average Bonchev–Trinajstić information content (AvgIpc) is 2.64. The highest BCUT2D eigenvalue weighted by Gasteiger charge is 2.33. The molecule has 0 aliphatic carbocycles. The summed E-state index contributed by atoms with van der Waals surface area (Å²) in [5.74, 6) is -1.07. The zero-order chi connectivity index (χ0) is 13.1. The van der Waals surface area contributed by atoms with E-state index in [0.29, 0.717) is 19.6 Å². The van der Waals surface area contributed by atoms with Crippen molar-refractivity contribution in [1.82, 2.24) is 5.32 Å². The topological polar surface area (TPSA) is 84.9 Å². The summed E-state index contributed by atoms with van der Waals surface area (Å²) in [7, 11) is 0. The number of carbonyl (C=O) groups excluding carboxylic acids is 1. The molecule has 17 heavy (non-hydrogen) atoms. The van der Waals surface area contributed by atoms with E-state index < -0.39 is 23.5 Å². The first-order valence-electron chi connectivity index (χ1n) is 5.58. The molecule has 1 aliphatic heterocycles. The van der Waals surface area contributed by atoms with Crippen LogP contribution in [0.15, 0.2) is 0 Å². The molecule has 0 unspecified atom stereocenters. The fourth-order valence-electron chi connectivity index (χ4n) is 1.56. The second-order valence-electron chi connectivity index (χ2n) is 5.17. The van der Waals surface area contributed by atoms with E-state index in [1.54, 1.807) is 20.8 Å². The molecular weight excluding hydrogens is 226 g/mol. The van der Waals surface area contributed by atoms with Crippen LogP contribution in [0.4, 0.5) is 4.79 Å². The van der Waals surface area contributed by atoms with Crippen molar-refractivity contribution >= 4 is 12.1 Å². The van der Waals surface area contributed by atoms with E-state index in [-0.39, 0.29) is 6.10 Å². The van der Waals surface area contributed by atoms with Crippen LogP contribution in [0.3, 0.4) is 0 Å². The number of amides is 1. The van der Waals surface area contributed by atoms with E-state index in [1.165, 1.54) is 0 Å².